The van der Waals surface area contributed by atoms with Crippen molar-refractivity contribution in [2.75, 3.05) is 6.54 Å². The third-order valence-electron chi connectivity index (χ3n) is 6.96. The maximum atomic E-state index is 13.6. The number of carbonyl (C=O) groups excluding carboxylic acids is 2. The van der Waals surface area contributed by atoms with E-state index in [1.165, 1.54) is 0 Å². The molecule has 5 rings (SSSR count). The van der Waals surface area contributed by atoms with Gasteiger partial charge < -0.3 is 4.57 Å². The molecule has 1 aliphatic heterocycles. The van der Waals surface area contributed by atoms with Gasteiger partial charge in [0, 0.05) is 42.6 Å². The highest BCUT2D eigenvalue weighted by molar-refractivity contribution is 6.50. The molecule has 0 atom stereocenters. The Morgan fingerprint density at radius 2 is 1.56 bits per heavy atom. The van der Waals surface area contributed by atoms with Crippen molar-refractivity contribution in [1.29, 1.82) is 0 Å². The number of aryl methyl sites for hydroxylation is 1. The number of hydrogen-bond acceptors (Lipinski definition) is 2. The van der Waals surface area contributed by atoms with Crippen molar-refractivity contribution in [2.45, 2.75) is 53.0 Å². The molecule has 2 aliphatic rings. The van der Waals surface area contributed by atoms with Gasteiger partial charge in [0.25, 0.3) is 0 Å². The molecule has 0 bridgehead atoms. The average Bonchev–Trinajstić information content (AvgIpc) is 3.22. The molecule has 32 heavy (non-hydrogen) atoms. The first-order valence-corrected chi connectivity index (χ1v) is 11.6. The molecule has 0 saturated heterocycles. The Kier molecular flexibility index (Phi) is 4.96. The number of allylic oxidation sites excluding steroid dienone is 2. The Morgan fingerprint density at radius 3 is 2.28 bits per heavy atom. The number of aromatic nitrogens is 1. The molecular formula is C28H29N2O2+. The van der Waals surface area contributed by atoms with Gasteiger partial charge in [0.1, 0.15) is 12.5 Å². The Labute approximate surface area is 188 Å². The summed E-state index contributed by atoms with van der Waals surface area (Å²) < 4.78 is 4.49. The number of rotatable bonds is 5. The fourth-order valence-corrected chi connectivity index (χ4v) is 5.55. The molecule has 4 nitrogen and oxygen atoms in total. The van der Waals surface area contributed by atoms with Gasteiger partial charge in [-0.05, 0) is 31.0 Å². The largest absolute Gasteiger partial charge is 0.345 e. The highest BCUT2D eigenvalue weighted by Crippen LogP contribution is 2.46. The summed E-state index contributed by atoms with van der Waals surface area (Å²) in [5, 5.41) is 1.02. The number of Topliss-reactive ketones (excluding diaryl/α,β-unsaturated/α-hetero) is 2. The second-order valence-corrected chi connectivity index (χ2v) is 8.83. The van der Waals surface area contributed by atoms with E-state index in [1.807, 2.05) is 50.2 Å². The maximum Gasteiger partial charge on any atom is 0.213 e. The van der Waals surface area contributed by atoms with E-state index in [2.05, 4.69) is 35.1 Å². The number of para-hydroxylation sites is 2. The lowest BCUT2D eigenvalue weighted by Crippen LogP contribution is -2.40. The lowest BCUT2D eigenvalue weighted by Gasteiger charge is -2.28. The quantitative estimate of drug-likeness (QED) is 0.232. The number of ketones is 2. The van der Waals surface area contributed by atoms with Crippen LogP contribution in [0.4, 0.5) is 5.69 Å². The molecule has 2 aromatic carbocycles. The van der Waals surface area contributed by atoms with Gasteiger partial charge in [0.2, 0.25) is 5.69 Å². The van der Waals surface area contributed by atoms with E-state index in [-0.39, 0.29) is 11.6 Å². The van der Waals surface area contributed by atoms with Crippen molar-refractivity contribution in [2.24, 2.45) is 0 Å². The van der Waals surface area contributed by atoms with Crippen LogP contribution in [-0.2, 0) is 16.1 Å². The van der Waals surface area contributed by atoms with Crippen LogP contribution in [0.5, 0.6) is 0 Å². The summed E-state index contributed by atoms with van der Waals surface area (Å²) in [5.74, 6) is -0.777. The molecule has 0 amide bonds. The predicted molar refractivity (Wildman–Crippen MR) is 129 cm³/mol. The van der Waals surface area contributed by atoms with Crippen molar-refractivity contribution in [3.05, 3.63) is 70.9 Å². The summed E-state index contributed by atoms with van der Waals surface area (Å²) in [6.45, 7) is 10.1. The average molecular weight is 426 g/mol. The lowest BCUT2D eigenvalue weighted by atomic mass is 9.69. The van der Waals surface area contributed by atoms with Crippen LogP contribution in [0.2, 0.25) is 0 Å². The van der Waals surface area contributed by atoms with Crippen molar-refractivity contribution in [3.63, 3.8) is 0 Å². The van der Waals surface area contributed by atoms with E-state index in [4.69, 9.17) is 0 Å². The second-order valence-electron chi connectivity index (χ2n) is 8.83. The molecule has 2 heterocycles. The van der Waals surface area contributed by atoms with Crippen LogP contribution < -0.4 is 0 Å². The van der Waals surface area contributed by atoms with E-state index in [0.717, 1.165) is 70.6 Å². The Morgan fingerprint density at radius 1 is 0.875 bits per heavy atom. The summed E-state index contributed by atoms with van der Waals surface area (Å²) in [6, 6.07) is 16.2. The van der Waals surface area contributed by atoms with E-state index in [9.17, 15) is 9.59 Å². The SMILES string of the molecule is CCCn1c(C)c(C2C(=O)C(=C3C(C)=[N+](CCC)c4ccccc43)C2=O)c2ccccc21. The van der Waals surface area contributed by atoms with Crippen LogP contribution in [0.15, 0.2) is 54.1 Å². The number of hydrogen-bond donors (Lipinski definition) is 0. The molecule has 1 aromatic heterocycles. The van der Waals surface area contributed by atoms with Gasteiger partial charge in [-0.1, -0.05) is 44.2 Å². The van der Waals surface area contributed by atoms with Crippen LogP contribution >= 0.6 is 0 Å². The molecule has 0 spiro atoms. The molecule has 1 saturated carbocycles. The van der Waals surface area contributed by atoms with Gasteiger partial charge in [0.05, 0.1) is 16.7 Å². The Balaban J connectivity index is 1.66. The van der Waals surface area contributed by atoms with Crippen LogP contribution in [0.25, 0.3) is 16.5 Å². The molecule has 1 fully saturated rings. The van der Waals surface area contributed by atoms with Gasteiger partial charge in [0.15, 0.2) is 17.3 Å². The molecule has 0 radical (unpaired) electrons. The Hall–Kier alpha value is -3.27. The fraction of sp³-hybridized carbons (Fsp3) is 0.321. The number of fused-ring (bicyclic) bond motifs is 2. The van der Waals surface area contributed by atoms with Crippen LogP contribution in [-0.4, -0.2) is 33.0 Å². The smallest absolute Gasteiger partial charge is 0.213 e. The van der Waals surface area contributed by atoms with Gasteiger partial charge >= 0.3 is 0 Å². The Bertz CT molecular complexity index is 1340. The summed E-state index contributed by atoms with van der Waals surface area (Å²) in [4.78, 5) is 27.2. The monoisotopic (exact) mass is 425 g/mol. The highest BCUT2D eigenvalue weighted by Gasteiger charge is 2.51. The minimum atomic E-state index is -0.694. The first kappa shape index (κ1) is 20.6. The highest BCUT2D eigenvalue weighted by atomic mass is 16.2. The zero-order valence-electron chi connectivity index (χ0n) is 19.2. The zero-order valence-corrected chi connectivity index (χ0v) is 19.2. The van der Waals surface area contributed by atoms with Crippen LogP contribution in [0.1, 0.15) is 56.4 Å². The van der Waals surface area contributed by atoms with Crippen molar-refractivity contribution in [1.82, 2.24) is 4.57 Å². The van der Waals surface area contributed by atoms with Crippen LogP contribution in [0, 0.1) is 6.92 Å². The first-order valence-electron chi connectivity index (χ1n) is 11.6. The summed E-state index contributed by atoms with van der Waals surface area (Å²) >= 11 is 0. The lowest BCUT2D eigenvalue weighted by molar-refractivity contribution is -0.437. The molecule has 1 aliphatic carbocycles. The minimum Gasteiger partial charge on any atom is -0.345 e. The third-order valence-corrected chi connectivity index (χ3v) is 6.96. The van der Waals surface area contributed by atoms with Crippen LogP contribution in [0.3, 0.4) is 0 Å². The third kappa shape index (κ3) is 2.72. The summed E-state index contributed by atoms with van der Waals surface area (Å²) in [5.41, 5.74) is 7.33. The molecular weight excluding hydrogens is 396 g/mol. The normalized spacial score (nSPS) is 18.1. The minimum absolute atomic E-state index is 0.0417. The number of nitrogens with zero attached hydrogens (tertiary/aromatic N) is 2. The topological polar surface area (TPSA) is 42.1 Å². The molecule has 4 heteroatoms. The standard InChI is InChI=1S/C28H29N2O2/c1-5-15-29-17(3)23(19-11-7-9-13-21(19)29)25-27(31)26(28(25)32)24-18(4)30(16-6-2)22-14-10-8-12-20(22)24/h7-14,25H,5-6,15-16H2,1-4H3/q+1. The molecule has 0 N–H and O–H groups in total. The first-order chi connectivity index (χ1) is 15.5. The van der Waals surface area contributed by atoms with Gasteiger partial charge in [-0.3, -0.25) is 9.59 Å². The molecule has 0 unspecified atom stereocenters. The number of benzene rings is 2. The van der Waals surface area contributed by atoms with E-state index >= 15 is 0 Å². The molecule has 3 aromatic rings. The number of carbonyl (C=O) groups is 2. The maximum absolute atomic E-state index is 13.6. The van der Waals surface area contributed by atoms with Gasteiger partial charge in [-0.15, -0.1) is 0 Å². The van der Waals surface area contributed by atoms with E-state index < -0.39 is 5.92 Å². The van der Waals surface area contributed by atoms with Gasteiger partial charge in [-0.2, -0.15) is 4.58 Å². The summed E-state index contributed by atoms with van der Waals surface area (Å²) in [7, 11) is 0. The predicted octanol–water partition coefficient (Wildman–Crippen LogP) is 5.58. The second kappa shape index (κ2) is 7.70. The van der Waals surface area contributed by atoms with Gasteiger partial charge in [-0.25, -0.2) is 0 Å². The van der Waals surface area contributed by atoms with Crippen molar-refractivity contribution in [3.8, 4) is 0 Å². The fourth-order valence-electron chi connectivity index (χ4n) is 5.55. The van der Waals surface area contributed by atoms with E-state index in [0.29, 0.717) is 5.57 Å². The summed E-state index contributed by atoms with van der Waals surface area (Å²) in [6.07, 6.45) is 1.99. The zero-order chi connectivity index (χ0) is 22.6. The molecule has 162 valence electrons. The van der Waals surface area contributed by atoms with Crippen molar-refractivity contribution < 1.29 is 14.2 Å². The van der Waals surface area contributed by atoms with E-state index in [1.54, 1.807) is 0 Å². The van der Waals surface area contributed by atoms with Crippen molar-refractivity contribution >= 4 is 39.4 Å².